The van der Waals surface area contributed by atoms with Crippen molar-refractivity contribution in [2.45, 2.75) is 59.5 Å². The highest BCUT2D eigenvalue weighted by atomic mass is 15.2. The predicted molar refractivity (Wildman–Crippen MR) is 61.3 cm³/mol. The van der Waals surface area contributed by atoms with Crippen LogP contribution >= 0.6 is 0 Å². The third kappa shape index (κ3) is 1.50. The van der Waals surface area contributed by atoms with Crippen molar-refractivity contribution in [3.05, 3.63) is 0 Å². The lowest BCUT2D eigenvalue weighted by atomic mass is 9.62. The number of piperidine rings is 3. The van der Waals surface area contributed by atoms with Crippen molar-refractivity contribution in [2.24, 2.45) is 17.3 Å². The quantitative estimate of drug-likeness (QED) is 0.574. The van der Waals surface area contributed by atoms with Crippen LogP contribution in [-0.4, -0.2) is 23.5 Å². The molecule has 3 rings (SSSR count). The molecule has 14 heavy (non-hydrogen) atoms. The van der Waals surface area contributed by atoms with Gasteiger partial charge in [-0.05, 0) is 50.5 Å². The number of hydrogen-bond donors (Lipinski definition) is 0. The lowest BCUT2D eigenvalue weighted by Gasteiger charge is -2.57. The van der Waals surface area contributed by atoms with Crippen molar-refractivity contribution in [1.82, 2.24) is 4.90 Å². The fourth-order valence-corrected chi connectivity index (χ4v) is 4.19. The number of nitrogens with zero attached hydrogens (tertiary/aromatic N) is 1. The van der Waals surface area contributed by atoms with Crippen LogP contribution in [0, 0.1) is 17.3 Å². The molecular formula is C13H25N. The van der Waals surface area contributed by atoms with E-state index in [1.54, 1.807) is 0 Å². The Morgan fingerprint density at radius 3 is 2.21 bits per heavy atom. The Hall–Kier alpha value is -0.0400. The van der Waals surface area contributed by atoms with E-state index >= 15 is 0 Å². The van der Waals surface area contributed by atoms with Gasteiger partial charge in [-0.1, -0.05) is 20.8 Å². The van der Waals surface area contributed by atoms with Crippen LogP contribution in [0.5, 0.6) is 0 Å². The Morgan fingerprint density at radius 2 is 1.79 bits per heavy atom. The Labute approximate surface area is 88.9 Å². The van der Waals surface area contributed by atoms with Crippen LogP contribution in [0.15, 0.2) is 0 Å². The zero-order chi connectivity index (χ0) is 10.5. The summed E-state index contributed by atoms with van der Waals surface area (Å²) in [4.78, 5) is 2.73. The molecular weight excluding hydrogens is 170 g/mol. The SMILES string of the molecule is CC1CC2CCN1[C@@H](C)C2C(C)(C)C. The molecule has 82 valence electrons. The van der Waals surface area contributed by atoms with Gasteiger partial charge in [0.1, 0.15) is 0 Å². The number of fused-ring (bicyclic) bond motifs is 3. The average molecular weight is 195 g/mol. The molecule has 0 amide bonds. The molecule has 5 atom stereocenters. The predicted octanol–water partition coefficient (Wildman–Crippen LogP) is 3.15. The van der Waals surface area contributed by atoms with Gasteiger partial charge in [0.2, 0.25) is 0 Å². The summed E-state index contributed by atoms with van der Waals surface area (Å²) in [7, 11) is 0. The third-order valence-electron chi connectivity index (χ3n) is 4.52. The van der Waals surface area contributed by atoms with Gasteiger partial charge in [-0.15, -0.1) is 0 Å². The lowest BCUT2D eigenvalue weighted by molar-refractivity contribution is -0.0799. The minimum absolute atomic E-state index is 0.489. The molecule has 4 unspecified atom stereocenters. The maximum Gasteiger partial charge on any atom is 0.0106 e. The summed E-state index contributed by atoms with van der Waals surface area (Å²) in [5, 5.41) is 0. The van der Waals surface area contributed by atoms with E-state index in [-0.39, 0.29) is 0 Å². The van der Waals surface area contributed by atoms with E-state index in [0.29, 0.717) is 5.41 Å². The second-order valence-corrected chi connectivity index (χ2v) is 6.50. The maximum absolute atomic E-state index is 2.73. The Kier molecular flexibility index (Phi) is 2.42. The average Bonchev–Trinajstić information content (AvgIpc) is 2.00. The van der Waals surface area contributed by atoms with Crippen LogP contribution < -0.4 is 0 Å². The summed E-state index contributed by atoms with van der Waals surface area (Å²) >= 11 is 0. The van der Waals surface area contributed by atoms with E-state index in [9.17, 15) is 0 Å². The molecule has 3 saturated heterocycles. The maximum atomic E-state index is 2.73. The minimum atomic E-state index is 0.489. The first-order valence-electron chi connectivity index (χ1n) is 6.17. The summed E-state index contributed by atoms with van der Waals surface area (Å²) in [6, 6.07) is 1.64. The summed E-state index contributed by atoms with van der Waals surface area (Å²) in [6.07, 6.45) is 2.88. The monoisotopic (exact) mass is 195 g/mol. The van der Waals surface area contributed by atoms with Crippen LogP contribution in [0.4, 0.5) is 0 Å². The van der Waals surface area contributed by atoms with E-state index in [4.69, 9.17) is 0 Å². The molecule has 0 spiro atoms. The molecule has 0 saturated carbocycles. The van der Waals surface area contributed by atoms with Gasteiger partial charge in [-0.3, -0.25) is 4.90 Å². The van der Waals surface area contributed by atoms with Crippen LogP contribution in [-0.2, 0) is 0 Å². The van der Waals surface area contributed by atoms with E-state index < -0.39 is 0 Å². The van der Waals surface area contributed by atoms with Gasteiger partial charge < -0.3 is 0 Å². The summed E-state index contributed by atoms with van der Waals surface area (Å²) < 4.78 is 0. The molecule has 1 heteroatoms. The third-order valence-corrected chi connectivity index (χ3v) is 4.52. The Morgan fingerprint density at radius 1 is 1.14 bits per heavy atom. The normalized spacial score (nSPS) is 48.2. The second-order valence-electron chi connectivity index (χ2n) is 6.50. The Bertz CT molecular complexity index is 214. The highest BCUT2D eigenvalue weighted by molar-refractivity contribution is 4.99. The van der Waals surface area contributed by atoms with E-state index in [0.717, 1.165) is 23.9 Å². The topological polar surface area (TPSA) is 3.24 Å². The molecule has 3 heterocycles. The van der Waals surface area contributed by atoms with E-state index in [1.165, 1.54) is 19.4 Å². The second kappa shape index (κ2) is 3.23. The van der Waals surface area contributed by atoms with Crippen molar-refractivity contribution in [3.63, 3.8) is 0 Å². The van der Waals surface area contributed by atoms with Gasteiger partial charge in [-0.2, -0.15) is 0 Å². The number of rotatable bonds is 0. The van der Waals surface area contributed by atoms with Crippen molar-refractivity contribution in [3.8, 4) is 0 Å². The molecule has 3 aliphatic heterocycles. The zero-order valence-corrected chi connectivity index (χ0v) is 10.4. The van der Waals surface area contributed by atoms with Crippen LogP contribution in [0.3, 0.4) is 0 Å². The van der Waals surface area contributed by atoms with Gasteiger partial charge in [0.25, 0.3) is 0 Å². The minimum Gasteiger partial charge on any atom is -0.298 e. The van der Waals surface area contributed by atoms with Crippen molar-refractivity contribution >= 4 is 0 Å². The van der Waals surface area contributed by atoms with Gasteiger partial charge in [0.15, 0.2) is 0 Å². The summed E-state index contributed by atoms with van der Waals surface area (Å²) in [5.41, 5.74) is 0.489. The van der Waals surface area contributed by atoms with Crippen molar-refractivity contribution in [1.29, 1.82) is 0 Å². The first kappa shape index (κ1) is 10.5. The fraction of sp³-hybridized carbons (Fsp3) is 1.00. The number of hydrogen-bond acceptors (Lipinski definition) is 1. The van der Waals surface area contributed by atoms with Crippen molar-refractivity contribution in [2.75, 3.05) is 6.54 Å². The van der Waals surface area contributed by atoms with E-state index in [2.05, 4.69) is 39.5 Å². The first-order chi connectivity index (χ1) is 6.41. The smallest absolute Gasteiger partial charge is 0.0106 e. The first-order valence-corrected chi connectivity index (χ1v) is 6.17. The molecule has 0 aromatic carbocycles. The standard InChI is InChI=1S/C13H25N/c1-9-8-11-6-7-14(9)10(2)12(11)13(3,4)5/h9-12H,6-8H2,1-5H3/t9?,10-,11?,12?/m0/s1. The van der Waals surface area contributed by atoms with Gasteiger partial charge in [0.05, 0.1) is 0 Å². The molecule has 0 aliphatic carbocycles. The highest BCUT2D eigenvalue weighted by Gasteiger charge is 2.47. The van der Waals surface area contributed by atoms with Gasteiger partial charge >= 0.3 is 0 Å². The van der Waals surface area contributed by atoms with Crippen LogP contribution in [0.25, 0.3) is 0 Å². The van der Waals surface area contributed by atoms with Crippen LogP contribution in [0.1, 0.15) is 47.5 Å². The molecule has 0 radical (unpaired) electrons. The molecule has 0 aromatic heterocycles. The molecule has 0 aromatic rings. The summed E-state index contributed by atoms with van der Waals surface area (Å²) in [5.74, 6) is 1.90. The van der Waals surface area contributed by atoms with Crippen molar-refractivity contribution < 1.29 is 0 Å². The van der Waals surface area contributed by atoms with Gasteiger partial charge in [-0.25, -0.2) is 0 Å². The van der Waals surface area contributed by atoms with E-state index in [1.807, 2.05) is 0 Å². The molecule has 2 bridgehead atoms. The largest absolute Gasteiger partial charge is 0.298 e. The fourth-order valence-electron chi connectivity index (χ4n) is 4.19. The van der Waals surface area contributed by atoms with Gasteiger partial charge in [0, 0.05) is 12.1 Å². The molecule has 1 nitrogen and oxygen atoms in total. The summed E-state index contributed by atoms with van der Waals surface area (Å²) in [6.45, 7) is 13.4. The van der Waals surface area contributed by atoms with Crippen LogP contribution in [0.2, 0.25) is 0 Å². The molecule has 3 fully saturated rings. The lowest BCUT2D eigenvalue weighted by Crippen LogP contribution is -2.60. The molecule has 3 aliphatic rings. The zero-order valence-electron chi connectivity index (χ0n) is 10.4. The Balaban J connectivity index is 2.21. The highest BCUT2D eigenvalue weighted by Crippen LogP contribution is 2.47. The molecule has 0 N–H and O–H groups in total.